The Morgan fingerprint density at radius 1 is 1.21 bits per heavy atom. The van der Waals surface area contributed by atoms with Gasteiger partial charge in [0.25, 0.3) is 0 Å². The fourth-order valence-corrected chi connectivity index (χ4v) is 4.82. The topological polar surface area (TPSA) is 49.3 Å². The Morgan fingerprint density at radius 2 is 2.04 bits per heavy atom. The summed E-state index contributed by atoms with van der Waals surface area (Å²) in [6.07, 6.45) is 5.41. The number of carboxylic acid groups (broad SMARTS) is 1. The van der Waals surface area contributed by atoms with Gasteiger partial charge in [0.1, 0.15) is 0 Å². The van der Waals surface area contributed by atoms with Crippen molar-refractivity contribution < 1.29 is 9.90 Å². The SMILES string of the molecule is O=C(O)c1cc(Br)c2c(c1)[C@@H]1C=CC[C@@H]1[C@H](c1cccc(Br)c1)N2. The maximum Gasteiger partial charge on any atom is 0.335 e. The number of fused-ring (bicyclic) bond motifs is 3. The number of nitrogens with one attached hydrogen (secondary N) is 1. The lowest BCUT2D eigenvalue weighted by Gasteiger charge is -2.38. The van der Waals surface area contributed by atoms with Crippen LogP contribution < -0.4 is 5.32 Å². The summed E-state index contributed by atoms with van der Waals surface area (Å²) in [6.45, 7) is 0. The van der Waals surface area contributed by atoms with Crippen molar-refractivity contribution in [1.29, 1.82) is 0 Å². The molecule has 2 aromatic carbocycles. The first-order valence-electron chi connectivity index (χ1n) is 7.80. The number of rotatable bonds is 2. The van der Waals surface area contributed by atoms with E-state index < -0.39 is 5.97 Å². The molecular weight excluding hydrogens is 434 g/mol. The van der Waals surface area contributed by atoms with Gasteiger partial charge in [0.15, 0.2) is 0 Å². The van der Waals surface area contributed by atoms with Crippen molar-refractivity contribution in [3.05, 3.63) is 74.2 Å². The van der Waals surface area contributed by atoms with Gasteiger partial charge in [-0.25, -0.2) is 4.79 Å². The third-order valence-electron chi connectivity index (χ3n) is 4.88. The average Bonchev–Trinajstić information content (AvgIpc) is 3.04. The Morgan fingerprint density at radius 3 is 2.79 bits per heavy atom. The highest BCUT2D eigenvalue weighted by molar-refractivity contribution is 9.10. The Bertz CT molecular complexity index is 862. The molecule has 0 fully saturated rings. The van der Waals surface area contributed by atoms with Crippen LogP contribution in [0.4, 0.5) is 5.69 Å². The van der Waals surface area contributed by atoms with Gasteiger partial charge in [0.05, 0.1) is 17.3 Å². The number of anilines is 1. The van der Waals surface area contributed by atoms with Crippen LogP contribution in [0.5, 0.6) is 0 Å². The van der Waals surface area contributed by atoms with E-state index in [4.69, 9.17) is 0 Å². The van der Waals surface area contributed by atoms with E-state index in [9.17, 15) is 9.90 Å². The van der Waals surface area contributed by atoms with Crippen LogP contribution in [0.15, 0.2) is 57.5 Å². The first-order chi connectivity index (χ1) is 11.5. The van der Waals surface area contributed by atoms with Crippen LogP contribution in [-0.2, 0) is 0 Å². The molecule has 0 bridgehead atoms. The number of benzene rings is 2. The maximum atomic E-state index is 11.4. The van der Waals surface area contributed by atoms with Crippen molar-refractivity contribution in [2.24, 2.45) is 5.92 Å². The van der Waals surface area contributed by atoms with E-state index in [0.717, 1.165) is 26.6 Å². The first kappa shape index (κ1) is 15.9. The number of carboxylic acids is 1. The molecule has 0 radical (unpaired) electrons. The van der Waals surface area contributed by atoms with E-state index in [1.54, 1.807) is 12.1 Å². The Labute approximate surface area is 157 Å². The van der Waals surface area contributed by atoms with Crippen LogP contribution in [0, 0.1) is 5.92 Å². The molecule has 0 saturated heterocycles. The van der Waals surface area contributed by atoms with Crippen LogP contribution in [0.3, 0.4) is 0 Å². The summed E-state index contributed by atoms with van der Waals surface area (Å²) in [5, 5.41) is 13.0. The minimum Gasteiger partial charge on any atom is -0.478 e. The minimum absolute atomic E-state index is 0.196. The Kier molecular flexibility index (Phi) is 4.01. The van der Waals surface area contributed by atoms with E-state index >= 15 is 0 Å². The van der Waals surface area contributed by atoms with Crippen molar-refractivity contribution in [2.75, 3.05) is 5.32 Å². The molecule has 2 N–H and O–H groups in total. The summed E-state index contributed by atoms with van der Waals surface area (Å²) >= 11 is 7.11. The second-order valence-corrected chi connectivity index (χ2v) is 8.03. The fraction of sp³-hybridized carbons (Fsp3) is 0.211. The smallest absolute Gasteiger partial charge is 0.335 e. The average molecular weight is 449 g/mol. The number of aromatic carboxylic acids is 1. The van der Waals surface area contributed by atoms with Gasteiger partial charge in [-0.3, -0.25) is 0 Å². The van der Waals surface area contributed by atoms with E-state index in [-0.39, 0.29) is 12.0 Å². The fourth-order valence-electron chi connectivity index (χ4n) is 3.81. The molecule has 3 atom stereocenters. The molecule has 0 spiro atoms. The Hall–Kier alpha value is -1.59. The molecule has 0 amide bonds. The number of hydrogen-bond donors (Lipinski definition) is 2. The summed E-state index contributed by atoms with van der Waals surface area (Å²) in [6, 6.07) is 12.0. The zero-order chi connectivity index (χ0) is 16.8. The molecule has 1 aliphatic carbocycles. The summed E-state index contributed by atoms with van der Waals surface area (Å²) in [5.41, 5.74) is 3.62. The van der Waals surface area contributed by atoms with Gasteiger partial charge >= 0.3 is 5.97 Å². The normalized spacial score (nSPS) is 24.2. The largest absolute Gasteiger partial charge is 0.478 e. The monoisotopic (exact) mass is 447 g/mol. The number of allylic oxidation sites excluding steroid dienone is 2. The van der Waals surface area contributed by atoms with Crippen LogP contribution >= 0.6 is 31.9 Å². The molecule has 24 heavy (non-hydrogen) atoms. The van der Waals surface area contributed by atoms with Gasteiger partial charge in [-0.2, -0.15) is 0 Å². The van der Waals surface area contributed by atoms with Gasteiger partial charge < -0.3 is 10.4 Å². The third kappa shape index (κ3) is 2.60. The summed E-state index contributed by atoms with van der Waals surface area (Å²) in [7, 11) is 0. The van der Waals surface area contributed by atoms with Crippen molar-refractivity contribution >= 4 is 43.5 Å². The summed E-state index contributed by atoms with van der Waals surface area (Å²) in [4.78, 5) is 11.4. The number of halogens is 2. The number of carbonyl (C=O) groups is 1. The van der Waals surface area contributed by atoms with E-state index in [1.807, 2.05) is 6.07 Å². The molecule has 1 aliphatic heterocycles. The third-order valence-corrected chi connectivity index (χ3v) is 5.99. The molecule has 122 valence electrons. The highest BCUT2D eigenvalue weighted by Gasteiger charge is 2.39. The van der Waals surface area contributed by atoms with E-state index in [1.165, 1.54) is 5.56 Å². The maximum absolute atomic E-state index is 11.4. The van der Waals surface area contributed by atoms with Gasteiger partial charge in [0, 0.05) is 14.9 Å². The predicted molar refractivity (Wildman–Crippen MR) is 102 cm³/mol. The second-order valence-electron chi connectivity index (χ2n) is 6.26. The predicted octanol–water partition coefficient (Wildman–Crippen LogP) is 5.74. The molecular formula is C19H15Br2NO2. The highest BCUT2D eigenvalue weighted by atomic mass is 79.9. The van der Waals surface area contributed by atoms with Crippen molar-refractivity contribution in [2.45, 2.75) is 18.4 Å². The summed E-state index contributed by atoms with van der Waals surface area (Å²) < 4.78 is 1.87. The van der Waals surface area contributed by atoms with Crippen LogP contribution in [-0.4, -0.2) is 11.1 Å². The van der Waals surface area contributed by atoms with E-state index in [2.05, 4.69) is 67.5 Å². The quantitative estimate of drug-likeness (QED) is 0.576. The highest BCUT2D eigenvalue weighted by Crippen LogP contribution is 2.52. The zero-order valence-electron chi connectivity index (χ0n) is 12.7. The van der Waals surface area contributed by atoms with Crippen molar-refractivity contribution in [3.63, 3.8) is 0 Å². The molecule has 2 aliphatic rings. The minimum atomic E-state index is -0.897. The van der Waals surface area contributed by atoms with Crippen molar-refractivity contribution in [1.82, 2.24) is 0 Å². The van der Waals surface area contributed by atoms with Crippen molar-refractivity contribution in [3.8, 4) is 0 Å². The number of hydrogen-bond acceptors (Lipinski definition) is 2. The zero-order valence-corrected chi connectivity index (χ0v) is 15.8. The molecule has 5 heteroatoms. The van der Waals surface area contributed by atoms with Crippen LogP contribution in [0.2, 0.25) is 0 Å². The lowest BCUT2D eigenvalue weighted by atomic mass is 9.76. The standard InChI is InChI=1S/C19H15Br2NO2/c20-12-4-1-3-10(7-12)17-14-6-2-5-13(14)15-8-11(19(23)24)9-16(21)18(15)22-17/h1-5,7-9,13-14,17,22H,6H2,(H,23,24)/t13-,14+,17+/m1/s1. The van der Waals surface area contributed by atoms with Gasteiger partial charge in [-0.15, -0.1) is 0 Å². The van der Waals surface area contributed by atoms with Gasteiger partial charge in [-0.1, -0.05) is 40.2 Å². The van der Waals surface area contributed by atoms with Crippen LogP contribution in [0.1, 0.15) is 39.9 Å². The van der Waals surface area contributed by atoms with Gasteiger partial charge in [-0.05, 0) is 63.7 Å². The van der Waals surface area contributed by atoms with Gasteiger partial charge in [0.2, 0.25) is 0 Å². The lowest BCUT2D eigenvalue weighted by molar-refractivity contribution is 0.0696. The summed E-state index contributed by atoms with van der Waals surface area (Å²) in [5.74, 6) is -0.269. The second kappa shape index (κ2) is 6.05. The molecule has 0 unspecified atom stereocenters. The molecule has 0 aromatic heterocycles. The van der Waals surface area contributed by atoms with Crippen LogP contribution in [0.25, 0.3) is 0 Å². The Balaban J connectivity index is 1.83. The molecule has 4 rings (SSSR count). The molecule has 2 aromatic rings. The van der Waals surface area contributed by atoms with E-state index in [0.29, 0.717) is 11.5 Å². The molecule has 0 saturated carbocycles. The molecule has 1 heterocycles. The molecule has 3 nitrogen and oxygen atoms in total. The lowest BCUT2D eigenvalue weighted by Crippen LogP contribution is -2.29. The first-order valence-corrected chi connectivity index (χ1v) is 9.38.